The summed E-state index contributed by atoms with van der Waals surface area (Å²) in [5, 5.41) is 0. The van der Waals surface area contributed by atoms with E-state index in [0.717, 1.165) is 17.1 Å². The maximum absolute atomic E-state index is 2.51. The molecule has 10 rings (SSSR count). The van der Waals surface area contributed by atoms with Crippen molar-refractivity contribution < 1.29 is 0 Å². The van der Waals surface area contributed by atoms with Crippen LogP contribution in [0.15, 0.2) is 194 Å². The molecule has 0 saturated carbocycles. The minimum absolute atomic E-state index is 0.0116. The van der Waals surface area contributed by atoms with Gasteiger partial charge in [0.05, 0.1) is 11.1 Å². The highest BCUT2D eigenvalue weighted by molar-refractivity contribution is 5.97. The Morgan fingerprint density at radius 3 is 1.44 bits per heavy atom. The summed E-state index contributed by atoms with van der Waals surface area (Å²) >= 11 is 0. The normalized spacial score (nSPS) is 15.0. The summed E-state index contributed by atoms with van der Waals surface area (Å²) in [5.74, 6) is 0. The average Bonchev–Trinajstić information content (AvgIpc) is 3.68. The van der Waals surface area contributed by atoms with Gasteiger partial charge in [0.25, 0.3) is 0 Å². The molecule has 2 aliphatic rings. The van der Waals surface area contributed by atoms with E-state index >= 15 is 0 Å². The molecule has 0 amide bonds. The number of hydrogen-bond acceptors (Lipinski definition) is 1. The minimum Gasteiger partial charge on any atom is -0.310 e. The van der Waals surface area contributed by atoms with Gasteiger partial charge in [-0.1, -0.05) is 185 Å². The third kappa shape index (κ3) is 4.85. The summed E-state index contributed by atoms with van der Waals surface area (Å²) in [4.78, 5) is 2.46. The topological polar surface area (TPSA) is 3.24 Å². The van der Waals surface area contributed by atoms with Crippen LogP contribution in [-0.2, 0) is 10.8 Å². The molecule has 8 aromatic carbocycles. The lowest BCUT2D eigenvalue weighted by atomic mass is 9.69. The Kier molecular flexibility index (Phi) is 7.35. The van der Waals surface area contributed by atoms with Crippen LogP contribution in [0.4, 0.5) is 17.1 Å². The molecule has 0 fully saturated rings. The lowest BCUT2D eigenvalue weighted by molar-refractivity contribution is 0.588. The molecule has 2 aliphatic carbocycles. The molecule has 1 nitrogen and oxygen atoms in total. The summed E-state index contributed by atoms with van der Waals surface area (Å²) in [6, 6.07) is 71.9. The molecular formula is C53H41N. The van der Waals surface area contributed by atoms with Gasteiger partial charge in [0.15, 0.2) is 0 Å². The second-order valence-electron chi connectivity index (χ2n) is 15.7. The lowest BCUT2D eigenvalue weighted by Crippen LogP contribution is -2.27. The van der Waals surface area contributed by atoms with Crippen molar-refractivity contribution in [2.75, 3.05) is 4.90 Å². The van der Waals surface area contributed by atoms with Gasteiger partial charge in [-0.3, -0.25) is 0 Å². The molecule has 0 aromatic heterocycles. The average molecular weight is 692 g/mol. The van der Waals surface area contributed by atoms with E-state index in [9.17, 15) is 0 Å². The molecule has 8 aromatic rings. The molecule has 0 saturated heterocycles. The first-order chi connectivity index (χ1) is 26.4. The first-order valence-corrected chi connectivity index (χ1v) is 19.0. The van der Waals surface area contributed by atoms with E-state index in [1.165, 1.54) is 72.3 Å². The SMILES string of the molecule is CC(C)(C)c1ccc2c(c1)C1(c3ccccc3-c3ccc(N(c4ccc(-c5ccccc5)cc4)c4ccccc4-c4ccccc4)cc31)c1ccccc1-2. The smallest absolute Gasteiger partial charge is 0.0726 e. The molecule has 1 spiro atoms. The Hall–Kier alpha value is -6.44. The minimum atomic E-state index is -0.448. The molecule has 0 N–H and O–H groups in total. The molecule has 0 bridgehead atoms. The number of anilines is 3. The quantitative estimate of drug-likeness (QED) is 0.174. The van der Waals surface area contributed by atoms with Crippen LogP contribution in [0.2, 0.25) is 0 Å². The molecule has 0 heterocycles. The maximum Gasteiger partial charge on any atom is 0.0726 e. The van der Waals surface area contributed by atoms with E-state index in [0.29, 0.717) is 0 Å². The van der Waals surface area contributed by atoms with Gasteiger partial charge < -0.3 is 4.90 Å². The molecule has 0 radical (unpaired) electrons. The molecule has 1 heteroatoms. The third-order valence-electron chi connectivity index (χ3n) is 11.7. The van der Waals surface area contributed by atoms with E-state index in [-0.39, 0.29) is 5.41 Å². The zero-order valence-corrected chi connectivity index (χ0v) is 30.9. The van der Waals surface area contributed by atoms with E-state index in [1.807, 2.05) is 0 Å². The van der Waals surface area contributed by atoms with E-state index < -0.39 is 5.41 Å². The molecular weight excluding hydrogens is 651 g/mol. The van der Waals surface area contributed by atoms with E-state index in [4.69, 9.17) is 0 Å². The first kappa shape index (κ1) is 32.2. The van der Waals surface area contributed by atoms with Crippen molar-refractivity contribution in [1.82, 2.24) is 0 Å². The van der Waals surface area contributed by atoms with Gasteiger partial charge >= 0.3 is 0 Å². The standard InChI is InChI=1S/C53H41N/c1-52(2,3)39-28-32-45-43-21-10-13-23-47(43)53(49(45)34-39)48-24-14-11-22-44(48)46-33-31-41(35-50(46)53)54(40-29-26-37(27-30-40)36-16-6-4-7-17-36)51-25-15-12-20-42(51)38-18-8-5-9-19-38/h4-35H,1-3H3. The van der Waals surface area contributed by atoms with Gasteiger partial charge in [0.2, 0.25) is 0 Å². The van der Waals surface area contributed by atoms with Crippen molar-refractivity contribution in [3.8, 4) is 44.5 Å². The Morgan fingerprint density at radius 1 is 0.352 bits per heavy atom. The van der Waals surface area contributed by atoms with Gasteiger partial charge in [-0.2, -0.15) is 0 Å². The summed E-state index contributed by atoms with van der Waals surface area (Å²) in [5.41, 5.74) is 19.8. The fraction of sp³-hybridized carbons (Fsp3) is 0.0943. The highest BCUT2D eigenvalue weighted by atomic mass is 15.1. The summed E-state index contributed by atoms with van der Waals surface area (Å²) in [6.07, 6.45) is 0. The van der Waals surface area contributed by atoms with E-state index in [2.05, 4.69) is 220 Å². The molecule has 258 valence electrons. The second kappa shape index (κ2) is 12.3. The van der Waals surface area contributed by atoms with Crippen LogP contribution >= 0.6 is 0 Å². The van der Waals surface area contributed by atoms with Gasteiger partial charge in [0, 0.05) is 16.9 Å². The number of para-hydroxylation sites is 1. The van der Waals surface area contributed by atoms with Gasteiger partial charge in [-0.15, -0.1) is 0 Å². The predicted molar refractivity (Wildman–Crippen MR) is 227 cm³/mol. The fourth-order valence-corrected chi connectivity index (χ4v) is 9.12. The third-order valence-corrected chi connectivity index (χ3v) is 11.7. The highest BCUT2D eigenvalue weighted by Crippen LogP contribution is 2.63. The van der Waals surface area contributed by atoms with Crippen molar-refractivity contribution in [2.24, 2.45) is 0 Å². The predicted octanol–water partition coefficient (Wildman–Crippen LogP) is 14.1. The highest BCUT2D eigenvalue weighted by Gasteiger charge is 2.52. The molecule has 54 heavy (non-hydrogen) atoms. The van der Waals surface area contributed by atoms with Crippen molar-refractivity contribution in [2.45, 2.75) is 31.6 Å². The van der Waals surface area contributed by atoms with Crippen LogP contribution in [0.25, 0.3) is 44.5 Å². The van der Waals surface area contributed by atoms with Gasteiger partial charge in [0.1, 0.15) is 0 Å². The first-order valence-electron chi connectivity index (χ1n) is 19.0. The number of nitrogens with zero attached hydrogens (tertiary/aromatic N) is 1. The monoisotopic (exact) mass is 691 g/mol. The maximum atomic E-state index is 2.51. The number of hydrogen-bond donors (Lipinski definition) is 0. The Morgan fingerprint density at radius 2 is 0.815 bits per heavy atom. The van der Waals surface area contributed by atoms with Crippen molar-refractivity contribution in [1.29, 1.82) is 0 Å². The van der Waals surface area contributed by atoms with Crippen LogP contribution < -0.4 is 4.90 Å². The zero-order valence-electron chi connectivity index (χ0n) is 30.9. The Balaban J connectivity index is 1.25. The molecule has 1 unspecified atom stereocenters. The van der Waals surface area contributed by atoms with E-state index in [1.54, 1.807) is 0 Å². The summed E-state index contributed by atoms with van der Waals surface area (Å²) in [7, 11) is 0. The number of rotatable bonds is 5. The Labute approximate surface area is 318 Å². The number of benzene rings is 8. The van der Waals surface area contributed by atoms with Crippen molar-refractivity contribution >= 4 is 17.1 Å². The van der Waals surface area contributed by atoms with Crippen molar-refractivity contribution in [3.05, 3.63) is 222 Å². The van der Waals surface area contributed by atoms with Crippen LogP contribution in [0.5, 0.6) is 0 Å². The molecule has 0 aliphatic heterocycles. The summed E-state index contributed by atoms with van der Waals surface area (Å²) < 4.78 is 0. The largest absolute Gasteiger partial charge is 0.310 e. The fourth-order valence-electron chi connectivity index (χ4n) is 9.12. The number of fused-ring (bicyclic) bond motifs is 10. The van der Waals surface area contributed by atoms with Crippen LogP contribution in [0.1, 0.15) is 48.6 Å². The van der Waals surface area contributed by atoms with Crippen LogP contribution in [0.3, 0.4) is 0 Å². The van der Waals surface area contributed by atoms with Crippen LogP contribution in [0, 0.1) is 0 Å². The van der Waals surface area contributed by atoms with Gasteiger partial charge in [-0.25, -0.2) is 0 Å². The zero-order chi connectivity index (χ0) is 36.4. The second-order valence-corrected chi connectivity index (χ2v) is 15.7. The molecule has 1 atom stereocenters. The van der Waals surface area contributed by atoms with Crippen LogP contribution in [-0.4, -0.2) is 0 Å². The van der Waals surface area contributed by atoms with Crippen molar-refractivity contribution in [3.63, 3.8) is 0 Å². The lowest BCUT2D eigenvalue weighted by Gasteiger charge is -2.33. The summed E-state index contributed by atoms with van der Waals surface area (Å²) in [6.45, 7) is 6.97. The Bertz CT molecular complexity index is 2670. The van der Waals surface area contributed by atoms with Gasteiger partial charge in [-0.05, 0) is 103 Å².